The maximum absolute atomic E-state index is 3.77. The average molecular weight is 225 g/mol. The molecule has 0 aromatic carbocycles. The van der Waals surface area contributed by atoms with Crippen molar-refractivity contribution in [2.75, 3.05) is 0 Å². The molecule has 0 aliphatic rings. The first-order chi connectivity index (χ1) is 7.36. The predicted molar refractivity (Wildman–Crippen MR) is 74.7 cm³/mol. The Hall–Kier alpha value is -0.300. The van der Waals surface area contributed by atoms with Gasteiger partial charge in [-0.05, 0) is 45.4 Å². The second kappa shape index (κ2) is 7.89. The fourth-order valence-corrected chi connectivity index (χ4v) is 2.09. The van der Waals surface area contributed by atoms with Gasteiger partial charge >= 0.3 is 0 Å². The molecule has 0 aliphatic carbocycles. The van der Waals surface area contributed by atoms with Crippen LogP contribution in [0, 0.1) is 11.8 Å². The SMILES string of the molecule is C/C=C(\C)CC(NC(C)CC(C)C)C(C)C. The zero-order valence-corrected chi connectivity index (χ0v) is 12.3. The van der Waals surface area contributed by atoms with E-state index in [9.17, 15) is 0 Å². The molecule has 96 valence electrons. The van der Waals surface area contributed by atoms with Gasteiger partial charge in [0, 0.05) is 12.1 Å². The second-order valence-corrected chi connectivity index (χ2v) is 5.89. The molecule has 1 N–H and O–H groups in total. The molecule has 0 rings (SSSR count). The number of hydrogen-bond donors (Lipinski definition) is 1. The summed E-state index contributed by atoms with van der Waals surface area (Å²) in [5.41, 5.74) is 1.49. The zero-order valence-electron chi connectivity index (χ0n) is 12.3. The summed E-state index contributed by atoms with van der Waals surface area (Å²) in [6, 6.07) is 1.24. The lowest BCUT2D eigenvalue weighted by molar-refractivity contribution is 0.330. The van der Waals surface area contributed by atoms with Gasteiger partial charge in [0.05, 0.1) is 0 Å². The van der Waals surface area contributed by atoms with Gasteiger partial charge in [-0.15, -0.1) is 0 Å². The Balaban J connectivity index is 4.23. The fraction of sp³-hybridized carbons (Fsp3) is 0.867. The zero-order chi connectivity index (χ0) is 12.7. The first-order valence-corrected chi connectivity index (χ1v) is 6.74. The summed E-state index contributed by atoms with van der Waals surface area (Å²) in [6.45, 7) is 15.9. The molecule has 0 aromatic rings. The van der Waals surface area contributed by atoms with E-state index in [0.29, 0.717) is 18.0 Å². The van der Waals surface area contributed by atoms with Crippen LogP contribution in [0.15, 0.2) is 11.6 Å². The summed E-state index contributed by atoms with van der Waals surface area (Å²) in [4.78, 5) is 0. The van der Waals surface area contributed by atoms with Crippen LogP contribution in [0.25, 0.3) is 0 Å². The highest BCUT2D eigenvalue weighted by atomic mass is 14.9. The van der Waals surface area contributed by atoms with E-state index in [-0.39, 0.29) is 0 Å². The molecule has 0 fully saturated rings. The highest BCUT2D eigenvalue weighted by molar-refractivity contribution is 4.99. The van der Waals surface area contributed by atoms with Gasteiger partial charge in [-0.2, -0.15) is 0 Å². The molecule has 16 heavy (non-hydrogen) atoms. The molecule has 0 bridgehead atoms. The van der Waals surface area contributed by atoms with Crippen LogP contribution in [0.5, 0.6) is 0 Å². The lowest BCUT2D eigenvalue weighted by Gasteiger charge is -2.27. The van der Waals surface area contributed by atoms with Crippen molar-refractivity contribution in [3.8, 4) is 0 Å². The van der Waals surface area contributed by atoms with Gasteiger partial charge in [0.2, 0.25) is 0 Å². The molecule has 0 aliphatic heterocycles. The number of allylic oxidation sites excluding steroid dienone is 1. The molecule has 0 saturated carbocycles. The summed E-state index contributed by atoms with van der Waals surface area (Å²) in [6.07, 6.45) is 4.67. The Bertz CT molecular complexity index is 203. The minimum Gasteiger partial charge on any atom is -0.311 e. The van der Waals surface area contributed by atoms with Gasteiger partial charge in [-0.25, -0.2) is 0 Å². The van der Waals surface area contributed by atoms with Crippen LogP contribution in [0.1, 0.15) is 61.3 Å². The van der Waals surface area contributed by atoms with E-state index in [1.165, 1.54) is 18.4 Å². The standard InChI is InChI=1S/C15H31N/c1-8-13(6)10-15(12(4)5)16-14(7)9-11(2)3/h8,11-12,14-16H,9-10H2,1-7H3/b13-8+. The Labute approximate surface area is 103 Å². The van der Waals surface area contributed by atoms with Crippen LogP contribution in [0.4, 0.5) is 0 Å². The molecule has 2 atom stereocenters. The normalized spacial score (nSPS) is 16.9. The third-order valence-corrected chi connectivity index (χ3v) is 3.16. The monoisotopic (exact) mass is 225 g/mol. The molecular formula is C15H31N. The first kappa shape index (κ1) is 15.7. The van der Waals surface area contributed by atoms with Crippen molar-refractivity contribution in [1.29, 1.82) is 0 Å². The van der Waals surface area contributed by atoms with Crippen molar-refractivity contribution < 1.29 is 0 Å². The lowest BCUT2D eigenvalue weighted by atomic mass is 9.95. The van der Waals surface area contributed by atoms with Crippen molar-refractivity contribution in [2.45, 2.75) is 73.4 Å². The van der Waals surface area contributed by atoms with Crippen LogP contribution in [0.2, 0.25) is 0 Å². The summed E-state index contributed by atoms with van der Waals surface area (Å²) in [5.74, 6) is 1.47. The molecule has 0 heterocycles. The van der Waals surface area contributed by atoms with Crippen LogP contribution < -0.4 is 5.32 Å². The van der Waals surface area contributed by atoms with E-state index in [1.807, 2.05) is 0 Å². The predicted octanol–water partition coefficient (Wildman–Crippen LogP) is 4.39. The number of rotatable bonds is 7. The van der Waals surface area contributed by atoms with Crippen molar-refractivity contribution >= 4 is 0 Å². The summed E-state index contributed by atoms with van der Waals surface area (Å²) < 4.78 is 0. The summed E-state index contributed by atoms with van der Waals surface area (Å²) >= 11 is 0. The molecule has 0 amide bonds. The van der Waals surface area contributed by atoms with Crippen LogP contribution in [-0.4, -0.2) is 12.1 Å². The molecule has 0 saturated heterocycles. The van der Waals surface area contributed by atoms with Gasteiger partial charge < -0.3 is 5.32 Å². The van der Waals surface area contributed by atoms with Crippen molar-refractivity contribution in [3.63, 3.8) is 0 Å². The fourth-order valence-electron chi connectivity index (χ4n) is 2.09. The van der Waals surface area contributed by atoms with E-state index in [0.717, 1.165) is 5.92 Å². The minimum atomic E-state index is 0.616. The van der Waals surface area contributed by atoms with E-state index in [2.05, 4.69) is 59.9 Å². The Morgan fingerprint density at radius 3 is 2.06 bits per heavy atom. The highest BCUT2D eigenvalue weighted by Gasteiger charge is 2.16. The maximum Gasteiger partial charge on any atom is 0.0130 e. The summed E-state index contributed by atoms with van der Waals surface area (Å²) in [7, 11) is 0. The molecule has 0 spiro atoms. The Morgan fingerprint density at radius 2 is 1.69 bits per heavy atom. The maximum atomic E-state index is 3.77. The second-order valence-electron chi connectivity index (χ2n) is 5.89. The van der Waals surface area contributed by atoms with Crippen LogP contribution in [-0.2, 0) is 0 Å². The molecule has 1 heteroatoms. The van der Waals surface area contributed by atoms with Gasteiger partial charge in [-0.1, -0.05) is 39.3 Å². The van der Waals surface area contributed by atoms with Gasteiger partial charge in [0.15, 0.2) is 0 Å². The Kier molecular flexibility index (Phi) is 7.74. The molecule has 1 nitrogen and oxygen atoms in total. The van der Waals surface area contributed by atoms with Crippen molar-refractivity contribution in [3.05, 3.63) is 11.6 Å². The topological polar surface area (TPSA) is 12.0 Å². The van der Waals surface area contributed by atoms with Crippen molar-refractivity contribution in [1.82, 2.24) is 5.32 Å². The molecule has 0 radical (unpaired) electrons. The van der Waals surface area contributed by atoms with Crippen molar-refractivity contribution in [2.24, 2.45) is 11.8 Å². The van der Waals surface area contributed by atoms with Crippen LogP contribution in [0.3, 0.4) is 0 Å². The van der Waals surface area contributed by atoms with E-state index in [4.69, 9.17) is 0 Å². The average Bonchev–Trinajstić information content (AvgIpc) is 2.14. The smallest absolute Gasteiger partial charge is 0.0130 e. The minimum absolute atomic E-state index is 0.616. The van der Waals surface area contributed by atoms with E-state index in [1.54, 1.807) is 0 Å². The number of hydrogen-bond acceptors (Lipinski definition) is 1. The molecule has 0 aromatic heterocycles. The van der Waals surface area contributed by atoms with E-state index >= 15 is 0 Å². The molecule has 2 unspecified atom stereocenters. The first-order valence-electron chi connectivity index (χ1n) is 6.74. The van der Waals surface area contributed by atoms with E-state index < -0.39 is 0 Å². The Morgan fingerprint density at radius 1 is 1.12 bits per heavy atom. The van der Waals surface area contributed by atoms with Gasteiger partial charge in [0.25, 0.3) is 0 Å². The third kappa shape index (κ3) is 7.05. The lowest BCUT2D eigenvalue weighted by Crippen LogP contribution is -2.40. The quantitative estimate of drug-likeness (QED) is 0.634. The van der Waals surface area contributed by atoms with Crippen LogP contribution >= 0.6 is 0 Å². The number of nitrogens with one attached hydrogen (secondary N) is 1. The highest BCUT2D eigenvalue weighted by Crippen LogP contribution is 2.15. The van der Waals surface area contributed by atoms with Gasteiger partial charge in [0.1, 0.15) is 0 Å². The largest absolute Gasteiger partial charge is 0.311 e. The molecular weight excluding hydrogens is 194 g/mol. The van der Waals surface area contributed by atoms with Gasteiger partial charge in [-0.3, -0.25) is 0 Å². The summed E-state index contributed by atoms with van der Waals surface area (Å²) in [5, 5.41) is 3.77. The third-order valence-electron chi connectivity index (χ3n) is 3.16.